The third-order valence-electron chi connectivity index (χ3n) is 3.48. The first-order chi connectivity index (χ1) is 11.0. The van der Waals surface area contributed by atoms with Gasteiger partial charge in [0.2, 0.25) is 0 Å². The molecule has 0 spiro atoms. The minimum atomic E-state index is -0.505. The molecule has 1 aliphatic heterocycles. The van der Waals surface area contributed by atoms with Gasteiger partial charge in [-0.05, 0) is 35.9 Å². The van der Waals surface area contributed by atoms with Gasteiger partial charge < -0.3 is 10.2 Å². The fraction of sp³-hybridized carbons (Fsp3) is 0.188. The monoisotopic (exact) mass is 414 g/mol. The molecule has 1 fully saturated rings. The van der Waals surface area contributed by atoms with E-state index in [4.69, 9.17) is 11.6 Å². The van der Waals surface area contributed by atoms with Crippen LogP contribution in [0.2, 0.25) is 5.02 Å². The van der Waals surface area contributed by atoms with Gasteiger partial charge in [-0.2, -0.15) is 0 Å². The normalized spacial score (nSPS) is 17.3. The molecule has 1 saturated heterocycles. The zero-order chi connectivity index (χ0) is 16.4. The number of thioether (sulfide) groups is 1. The fourth-order valence-electron chi connectivity index (χ4n) is 2.35. The van der Waals surface area contributed by atoms with Crippen LogP contribution in [0.15, 0.2) is 46.9 Å². The summed E-state index contributed by atoms with van der Waals surface area (Å²) in [7, 11) is 0. The highest BCUT2D eigenvalue weighted by Crippen LogP contribution is 2.38. The summed E-state index contributed by atoms with van der Waals surface area (Å²) in [6.45, 7) is 0.659. The molecule has 0 saturated carbocycles. The molecule has 0 aliphatic carbocycles. The molecule has 23 heavy (non-hydrogen) atoms. The van der Waals surface area contributed by atoms with Crippen LogP contribution in [0, 0.1) is 5.82 Å². The molecular weight excluding hydrogens is 403 g/mol. The lowest BCUT2D eigenvalue weighted by atomic mass is 10.2. The van der Waals surface area contributed by atoms with Crippen LogP contribution in [0.3, 0.4) is 0 Å². The minimum absolute atomic E-state index is 0.0111. The third kappa shape index (κ3) is 3.82. The van der Waals surface area contributed by atoms with Crippen LogP contribution >= 0.6 is 39.3 Å². The van der Waals surface area contributed by atoms with E-state index in [1.165, 1.54) is 18.2 Å². The number of halogens is 3. The number of carbonyl (C=O) groups is 1. The Balaban J connectivity index is 1.75. The number of hydrogen-bond donors (Lipinski definition) is 1. The quantitative estimate of drug-likeness (QED) is 0.700. The Hall–Kier alpha value is -1.24. The first-order valence-electron chi connectivity index (χ1n) is 6.94. The van der Waals surface area contributed by atoms with Crippen LogP contribution in [0.1, 0.15) is 10.9 Å². The molecule has 2 aromatic carbocycles. The van der Waals surface area contributed by atoms with Gasteiger partial charge in [-0.1, -0.05) is 39.7 Å². The molecule has 120 valence electrons. The van der Waals surface area contributed by atoms with Gasteiger partial charge in [0.25, 0.3) is 0 Å². The van der Waals surface area contributed by atoms with E-state index in [0.717, 1.165) is 15.8 Å². The maximum atomic E-state index is 13.2. The summed E-state index contributed by atoms with van der Waals surface area (Å²) in [5.41, 5.74) is 1.55. The van der Waals surface area contributed by atoms with E-state index in [1.54, 1.807) is 16.7 Å². The molecule has 2 amide bonds. The second kappa shape index (κ2) is 7.11. The van der Waals surface area contributed by atoms with E-state index in [9.17, 15) is 9.18 Å². The summed E-state index contributed by atoms with van der Waals surface area (Å²) in [6, 6.07) is 11.9. The van der Waals surface area contributed by atoms with Crippen molar-refractivity contribution in [3.8, 4) is 0 Å². The largest absolute Gasteiger partial charge is 0.323 e. The van der Waals surface area contributed by atoms with Crippen molar-refractivity contribution >= 4 is 51.0 Å². The topological polar surface area (TPSA) is 32.3 Å². The first-order valence-corrected chi connectivity index (χ1v) is 9.16. The number of benzene rings is 2. The number of nitrogens with one attached hydrogen (secondary N) is 1. The van der Waals surface area contributed by atoms with Crippen molar-refractivity contribution in [1.29, 1.82) is 0 Å². The van der Waals surface area contributed by atoms with Gasteiger partial charge in [0.1, 0.15) is 11.2 Å². The predicted octanol–water partition coefficient (Wildman–Crippen LogP) is 5.52. The Labute approximate surface area is 151 Å². The number of hydrogen-bond acceptors (Lipinski definition) is 2. The van der Waals surface area contributed by atoms with Crippen molar-refractivity contribution in [3.63, 3.8) is 0 Å². The summed E-state index contributed by atoms with van der Waals surface area (Å²) in [6.07, 6.45) is 0. The van der Waals surface area contributed by atoms with Gasteiger partial charge in [0.05, 0.1) is 5.02 Å². The van der Waals surface area contributed by atoms with Crippen molar-refractivity contribution in [2.45, 2.75) is 5.37 Å². The van der Waals surface area contributed by atoms with Crippen molar-refractivity contribution in [3.05, 3.63) is 63.3 Å². The van der Waals surface area contributed by atoms with Crippen molar-refractivity contribution in [2.75, 3.05) is 17.6 Å². The summed E-state index contributed by atoms with van der Waals surface area (Å²) < 4.78 is 14.2. The highest BCUT2D eigenvalue weighted by atomic mass is 79.9. The van der Waals surface area contributed by atoms with Crippen molar-refractivity contribution in [1.82, 2.24) is 4.90 Å². The highest BCUT2D eigenvalue weighted by molar-refractivity contribution is 9.10. The number of nitrogens with zero attached hydrogens (tertiary/aromatic N) is 1. The molecular formula is C16H13BrClFN2OS. The van der Waals surface area contributed by atoms with Gasteiger partial charge in [-0.15, -0.1) is 11.8 Å². The zero-order valence-electron chi connectivity index (χ0n) is 11.9. The maximum absolute atomic E-state index is 13.2. The molecule has 0 bridgehead atoms. The molecule has 1 aliphatic rings. The average Bonchev–Trinajstić information content (AvgIpc) is 3.01. The summed E-state index contributed by atoms with van der Waals surface area (Å²) >= 11 is 10.9. The Morgan fingerprint density at radius 2 is 2.04 bits per heavy atom. The molecule has 0 aromatic heterocycles. The molecule has 3 rings (SSSR count). The number of rotatable bonds is 2. The lowest BCUT2D eigenvalue weighted by Gasteiger charge is -2.24. The van der Waals surface area contributed by atoms with Crippen molar-refractivity contribution < 1.29 is 9.18 Å². The molecule has 1 atom stereocenters. The molecule has 1 heterocycles. The highest BCUT2D eigenvalue weighted by Gasteiger charge is 2.30. The Morgan fingerprint density at radius 3 is 2.74 bits per heavy atom. The first kappa shape index (κ1) is 16.6. The molecule has 1 unspecified atom stereocenters. The lowest BCUT2D eigenvalue weighted by molar-refractivity contribution is 0.214. The fourth-order valence-corrected chi connectivity index (χ4v) is 4.05. The summed E-state index contributed by atoms with van der Waals surface area (Å²) in [5, 5.41) is 2.74. The van der Waals surface area contributed by atoms with Gasteiger partial charge >= 0.3 is 6.03 Å². The van der Waals surface area contributed by atoms with E-state index in [2.05, 4.69) is 21.2 Å². The van der Waals surface area contributed by atoms with Crippen LogP contribution in [0.5, 0.6) is 0 Å². The van der Waals surface area contributed by atoms with E-state index in [-0.39, 0.29) is 16.4 Å². The average molecular weight is 416 g/mol. The second-order valence-corrected chi connectivity index (χ2v) is 7.54. The second-order valence-electron chi connectivity index (χ2n) is 5.03. The van der Waals surface area contributed by atoms with E-state index >= 15 is 0 Å². The van der Waals surface area contributed by atoms with Gasteiger partial charge in [-0.25, -0.2) is 9.18 Å². The molecule has 1 N–H and O–H groups in total. The van der Waals surface area contributed by atoms with Crippen LogP contribution in [-0.2, 0) is 0 Å². The SMILES string of the molecule is O=C(Nc1ccc(F)c(Cl)c1)N1CCSC1c1ccc(Br)cc1. The van der Waals surface area contributed by atoms with Gasteiger partial charge in [0.15, 0.2) is 0 Å². The smallest absolute Gasteiger partial charge is 0.308 e. The number of carbonyl (C=O) groups excluding carboxylic acids is 1. The van der Waals surface area contributed by atoms with E-state index in [0.29, 0.717) is 12.2 Å². The lowest BCUT2D eigenvalue weighted by Crippen LogP contribution is -2.34. The molecule has 7 heteroatoms. The van der Waals surface area contributed by atoms with E-state index < -0.39 is 5.82 Å². The van der Waals surface area contributed by atoms with Crippen LogP contribution in [-0.4, -0.2) is 23.2 Å². The van der Waals surface area contributed by atoms with E-state index in [1.807, 2.05) is 24.3 Å². The number of urea groups is 1. The van der Waals surface area contributed by atoms with Gasteiger partial charge in [-0.3, -0.25) is 0 Å². The standard InChI is InChI=1S/C16H13BrClFN2OS/c17-11-3-1-10(2-4-11)15-21(7-8-23-15)16(22)20-12-5-6-14(19)13(18)9-12/h1-6,9,15H,7-8H2,(H,20,22). The minimum Gasteiger partial charge on any atom is -0.308 e. The van der Waals surface area contributed by atoms with Crippen LogP contribution in [0.25, 0.3) is 0 Å². The van der Waals surface area contributed by atoms with Crippen molar-refractivity contribution in [2.24, 2.45) is 0 Å². The summed E-state index contributed by atoms with van der Waals surface area (Å²) in [5.74, 6) is 0.368. The number of amides is 2. The third-order valence-corrected chi connectivity index (χ3v) is 5.56. The Morgan fingerprint density at radius 1 is 1.30 bits per heavy atom. The number of anilines is 1. The molecule has 3 nitrogen and oxygen atoms in total. The van der Waals surface area contributed by atoms with Crippen LogP contribution in [0.4, 0.5) is 14.9 Å². The van der Waals surface area contributed by atoms with Crippen LogP contribution < -0.4 is 5.32 Å². The Bertz CT molecular complexity index is 729. The zero-order valence-corrected chi connectivity index (χ0v) is 15.1. The Kier molecular flexibility index (Phi) is 5.14. The summed E-state index contributed by atoms with van der Waals surface area (Å²) in [4.78, 5) is 14.3. The maximum Gasteiger partial charge on any atom is 0.323 e. The molecule has 0 radical (unpaired) electrons. The van der Waals surface area contributed by atoms with Gasteiger partial charge in [0, 0.05) is 22.5 Å². The predicted molar refractivity (Wildman–Crippen MR) is 96.5 cm³/mol. The molecule has 2 aromatic rings.